The molecule has 0 spiro atoms. The number of hydrogen-bond acceptors (Lipinski definition) is 4. The third-order valence-electron chi connectivity index (χ3n) is 3.34. The quantitative estimate of drug-likeness (QED) is 0.822. The van der Waals surface area contributed by atoms with Crippen LogP contribution in [0.3, 0.4) is 0 Å². The fraction of sp³-hybridized carbons (Fsp3) is 0.667. The Hall–Kier alpha value is -1.16. The second-order valence-electron chi connectivity index (χ2n) is 4.56. The number of nitrogens with zero attached hydrogens (tertiary/aromatic N) is 3. The molecule has 2 atom stereocenters. The van der Waals surface area contributed by atoms with Gasteiger partial charge in [0.05, 0.1) is 17.8 Å². The van der Waals surface area contributed by atoms with E-state index in [1.807, 2.05) is 26.1 Å². The summed E-state index contributed by atoms with van der Waals surface area (Å²) < 4.78 is 0. The van der Waals surface area contributed by atoms with Gasteiger partial charge in [0, 0.05) is 7.05 Å². The molecule has 1 aromatic rings. The molecule has 0 aliphatic heterocycles. The number of hydrogen-bond donors (Lipinski definition) is 1. The van der Waals surface area contributed by atoms with Crippen LogP contribution in [0.1, 0.15) is 31.4 Å². The highest BCUT2D eigenvalue weighted by Gasteiger charge is 2.27. The zero-order valence-electron chi connectivity index (χ0n) is 9.93. The molecular formula is C12H19N3O. The van der Waals surface area contributed by atoms with Crippen LogP contribution in [0.25, 0.3) is 0 Å². The van der Waals surface area contributed by atoms with E-state index in [1.54, 1.807) is 0 Å². The first-order chi connectivity index (χ1) is 7.68. The van der Waals surface area contributed by atoms with Crippen LogP contribution in [0.15, 0.2) is 12.1 Å². The maximum atomic E-state index is 9.97. The molecule has 4 heteroatoms. The topological polar surface area (TPSA) is 49.2 Å². The molecule has 0 bridgehead atoms. The Bertz CT molecular complexity index is 339. The van der Waals surface area contributed by atoms with Crippen LogP contribution in [0.2, 0.25) is 0 Å². The third kappa shape index (κ3) is 2.32. The maximum absolute atomic E-state index is 9.97. The second-order valence-corrected chi connectivity index (χ2v) is 4.56. The van der Waals surface area contributed by atoms with E-state index < -0.39 is 0 Å². The fourth-order valence-corrected chi connectivity index (χ4v) is 2.29. The first-order valence-electron chi connectivity index (χ1n) is 5.89. The molecule has 4 nitrogen and oxygen atoms in total. The minimum atomic E-state index is -0.234. The molecule has 2 rings (SSSR count). The molecule has 1 heterocycles. The average Bonchev–Trinajstić information content (AvgIpc) is 2.30. The molecule has 1 aliphatic carbocycles. The molecule has 0 amide bonds. The number of aliphatic hydroxyl groups is 1. The van der Waals surface area contributed by atoms with Gasteiger partial charge < -0.3 is 10.0 Å². The van der Waals surface area contributed by atoms with Gasteiger partial charge in [-0.25, -0.2) is 0 Å². The van der Waals surface area contributed by atoms with Crippen LogP contribution in [0.5, 0.6) is 0 Å². The minimum absolute atomic E-state index is 0.186. The molecule has 1 aliphatic rings. The van der Waals surface area contributed by atoms with Gasteiger partial charge in [0.2, 0.25) is 0 Å². The smallest absolute Gasteiger partial charge is 0.151 e. The van der Waals surface area contributed by atoms with Crippen LogP contribution < -0.4 is 4.90 Å². The van der Waals surface area contributed by atoms with Gasteiger partial charge in [-0.3, -0.25) is 0 Å². The monoisotopic (exact) mass is 221 g/mol. The van der Waals surface area contributed by atoms with Crippen molar-refractivity contribution in [2.75, 3.05) is 11.9 Å². The van der Waals surface area contributed by atoms with E-state index in [2.05, 4.69) is 15.1 Å². The highest BCUT2D eigenvalue weighted by atomic mass is 16.3. The Morgan fingerprint density at radius 2 is 2.00 bits per heavy atom. The van der Waals surface area contributed by atoms with Crippen LogP contribution in [-0.2, 0) is 0 Å². The number of likely N-dealkylation sites (N-methyl/N-ethyl adjacent to an activating group) is 1. The third-order valence-corrected chi connectivity index (χ3v) is 3.34. The standard InChI is InChI=1S/C12H19N3O/c1-9-7-8-12(14-13-9)15(2)10-5-3-4-6-11(10)16/h7-8,10-11,16H,3-6H2,1-2H3. The van der Waals surface area contributed by atoms with Crippen molar-refractivity contribution < 1.29 is 5.11 Å². The highest BCUT2D eigenvalue weighted by Crippen LogP contribution is 2.25. The SMILES string of the molecule is Cc1ccc(N(C)C2CCCCC2O)nn1. The molecule has 0 radical (unpaired) electrons. The van der Waals surface area contributed by atoms with Crippen molar-refractivity contribution in [1.82, 2.24) is 10.2 Å². The van der Waals surface area contributed by atoms with Crippen molar-refractivity contribution in [1.29, 1.82) is 0 Å². The van der Waals surface area contributed by atoms with Crippen molar-refractivity contribution in [3.63, 3.8) is 0 Å². The molecule has 1 fully saturated rings. The summed E-state index contributed by atoms with van der Waals surface area (Å²) in [7, 11) is 1.98. The van der Waals surface area contributed by atoms with Crippen molar-refractivity contribution >= 4 is 5.82 Å². The second kappa shape index (κ2) is 4.78. The van der Waals surface area contributed by atoms with E-state index in [0.29, 0.717) is 0 Å². The molecule has 2 unspecified atom stereocenters. The van der Waals surface area contributed by atoms with E-state index in [9.17, 15) is 5.11 Å². The van der Waals surface area contributed by atoms with Gasteiger partial charge in [0.1, 0.15) is 0 Å². The summed E-state index contributed by atoms with van der Waals surface area (Å²) in [6.45, 7) is 1.92. The van der Waals surface area contributed by atoms with Gasteiger partial charge in [-0.2, -0.15) is 5.10 Å². The van der Waals surface area contributed by atoms with E-state index in [0.717, 1.165) is 30.8 Å². The van der Waals surface area contributed by atoms with Crippen molar-refractivity contribution in [3.05, 3.63) is 17.8 Å². The maximum Gasteiger partial charge on any atom is 0.151 e. The summed E-state index contributed by atoms with van der Waals surface area (Å²) in [6.07, 6.45) is 4.01. The van der Waals surface area contributed by atoms with E-state index in [1.165, 1.54) is 6.42 Å². The fourth-order valence-electron chi connectivity index (χ4n) is 2.29. The molecule has 0 aromatic carbocycles. The predicted octanol–water partition coefficient (Wildman–Crippen LogP) is 1.52. The van der Waals surface area contributed by atoms with Crippen molar-refractivity contribution in [3.8, 4) is 0 Å². The van der Waals surface area contributed by atoms with E-state index >= 15 is 0 Å². The Kier molecular flexibility index (Phi) is 3.39. The van der Waals surface area contributed by atoms with Gasteiger partial charge >= 0.3 is 0 Å². The summed E-state index contributed by atoms with van der Waals surface area (Å²) in [6, 6.07) is 4.10. The summed E-state index contributed by atoms with van der Waals surface area (Å²) in [5.74, 6) is 0.844. The van der Waals surface area contributed by atoms with Gasteiger partial charge in [0.15, 0.2) is 5.82 Å². The molecule has 1 aromatic heterocycles. The summed E-state index contributed by atoms with van der Waals surface area (Å²) in [4.78, 5) is 2.05. The van der Waals surface area contributed by atoms with Crippen LogP contribution >= 0.6 is 0 Å². The van der Waals surface area contributed by atoms with Gasteiger partial charge in [-0.1, -0.05) is 12.8 Å². The molecular weight excluding hydrogens is 202 g/mol. The zero-order chi connectivity index (χ0) is 11.5. The summed E-state index contributed by atoms with van der Waals surface area (Å²) >= 11 is 0. The lowest BCUT2D eigenvalue weighted by atomic mass is 9.91. The summed E-state index contributed by atoms with van der Waals surface area (Å²) in [5.41, 5.74) is 0.918. The predicted molar refractivity (Wildman–Crippen MR) is 63.4 cm³/mol. The Labute approximate surface area is 96.3 Å². The van der Waals surface area contributed by atoms with Crippen molar-refractivity contribution in [2.45, 2.75) is 44.8 Å². The van der Waals surface area contributed by atoms with Crippen molar-refractivity contribution in [2.24, 2.45) is 0 Å². The first-order valence-corrected chi connectivity index (χ1v) is 5.89. The normalized spacial score (nSPS) is 25.4. The Balaban J connectivity index is 2.11. The molecule has 1 saturated carbocycles. The molecule has 1 N–H and O–H groups in total. The van der Waals surface area contributed by atoms with E-state index in [-0.39, 0.29) is 12.1 Å². The Morgan fingerprint density at radius 3 is 2.62 bits per heavy atom. The number of aromatic nitrogens is 2. The lowest BCUT2D eigenvalue weighted by molar-refractivity contribution is 0.106. The highest BCUT2D eigenvalue weighted by molar-refractivity contribution is 5.38. The van der Waals surface area contributed by atoms with Gasteiger partial charge in [0.25, 0.3) is 0 Å². The number of anilines is 1. The van der Waals surface area contributed by atoms with Crippen LogP contribution in [-0.4, -0.2) is 34.5 Å². The first kappa shape index (κ1) is 11.3. The molecule has 0 saturated heterocycles. The number of rotatable bonds is 2. The minimum Gasteiger partial charge on any atom is -0.391 e. The van der Waals surface area contributed by atoms with Gasteiger partial charge in [-0.15, -0.1) is 5.10 Å². The van der Waals surface area contributed by atoms with Crippen LogP contribution in [0.4, 0.5) is 5.82 Å². The lowest BCUT2D eigenvalue weighted by Gasteiger charge is -2.35. The zero-order valence-corrected chi connectivity index (χ0v) is 9.93. The van der Waals surface area contributed by atoms with E-state index in [4.69, 9.17) is 0 Å². The summed E-state index contributed by atoms with van der Waals surface area (Å²) in [5, 5.41) is 18.2. The Morgan fingerprint density at radius 1 is 1.25 bits per heavy atom. The largest absolute Gasteiger partial charge is 0.391 e. The molecule has 88 valence electrons. The number of aryl methyl sites for hydroxylation is 1. The molecule has 16 heavy (non-hydrogen) atoms. The van der Waals surface area contributed by atoms with Gasteiger partial charge in [-0.05, 0) is 31.9 Å². The average molecular weight is 221 g/mol. The lowest BCUT2D eigenvalue weighted by Crippen LogP contribution is -2.43. The number of aliphatic hydroxyl groups excluding tert-OH is 1. The van der Waals surface area contributed by atoms with Crippen LogP contribution in [0, 0.1) is 6.92 Å².